The number of fused-ring (bicyclic) bond motifs is 10. The minimum absolute atomic E-state index is 0.122. The quantitative estimate of drug-likeness (QED) is 0.116. The molecule has 0 amide bonds. The Morgan fingerprint density at radius 2 is 1.52 bits per heavy atom. The van der Waals surface area contributed by atoms with E-state index in [9.17, 15) is 0 Å². The highest BCUT2D eigenvalue weighted by molar-refractivity contribution is 7.25. The molecule has 1 aliphatic rings. The third kappa shape index (κ3) is 4.56. The zero-order valence-electron chi connectivity index (χ0n) is 28.0. The van der Waals surface area contributed by atoms with Crippen LogP contribution in [-0.2, 0) is 5.41 Å². The first-order valence-corrected chi connectivity index (χ1v) is 17.4. The van der Waals surface area contributed by atoms with Gasteiger partial charge in [-0.1, -0.05) is 105 Å². The van der Waals surface area contributed by atoms with Gasteiger partial charge in [-0.15, -0.1) is 11.3 Å². The molecule has 0 saturated heterocycles. The highest BCUT2D eigenvalue weighted by atomic mass is 32.1. The Kier molecular flexibility index (Phi) is 7.19. The lowest BCUT2D eigenvalue weighted by Gasteiger charge is -2.23. The van der Waals surface area contributed by atoms with Crippen molar-refractivity contribution in [2.45, 2.75) is 46.1 Å². The van der Waals surface area contributed by atoms with Gasteiger partial charge in [-0.3, -0.25) is 9.56 Å². The van der Waals surface area contributed by atoms with E-state index in [0.717, 1.165) is 27.6 Å². The van der Waals surface area contributed by atoms with Gasteiger partial charge in [0.1, 0.15) is 0 Å². The highest BCUT2D eigenvalue weighted by Crippen LogP contribution is 2.52. The van der Waals surface area contributed by atoms with Crippen LogP contribution < -0.4 is 5.73 Å². The van der Waals surface area contributed by atoms with Crippen molar-refractivity contribution in [3.05, 3.63) is 144 Å². The van der Waals surface area contributed by atoms with Crippen LogP contribution in [0.4, 0.5) is 0 Å². The van der Waals surface area contributed by atoms with Crippen LogP contribution in [0.15, 0.2) is 137 Å². The molecular formula is C43H38N4S. The number of hydrogen-bond acceptors (Lipinski definition) is 2. The summed E-state index contributed by atoms with van der Waals surface area (Å²) in [5.74, 6) is 1.01. The van der Waals surface area contributed by atoms with Crippen LogP contribution >= 0.6 is 11.3 Å². The maximum atomic E-state index is 7.23. The summed E-state index contributed by atoms with van der Waals surface area (Å²) >= 11 is 1.81. The largest absolute Gasteiger partial charge is 0.369 e. The van der Waals surface area contributed by atoms with Crippen LogP contribution in [0.25, 0.3) is 53.1 Å². The topological polar surface area (TPSA) is 55.7 Å². The summed E-state index contributed by atoms with van der Waals surface area (Å²) in [6.45, 7) is 10.9. The molecule has 5 aromatic carbocycles. The van der Waals surface area contributed by atoms with E-state index in [1.54, 1.807) is 0 Å². The number of nitrogens with zero attached hydrogens (tertiary/aromatic N) is 3. The van der Waals surface area contributed by atoms with Crippen LogP contribution in [0.1, 0.15) is 51.3 Å². The van der Waals surface area contributed by atoms with Gasteiger partial charge in [-0.05, 0) is 78.9 Å². The van der Waals surface area contributed by atoms with Gasteiger partial charge >= 0.3 is 0 Å². The summed E-state index contributed by atoms with van der Waals surface area (Å²) in [6.07, 6.45) is 6.29. The second-order valence-electron chi connectivity index (χ2n) is 13.1. The molecule has 2 N–H and O–H groups in total. The van der Waals surface area contributed by atoms with E-state index >= 15 is 0 Å². The Labute approximate surface area is 285 Å². The first-order chi connectivity index (χ1) is 23.3. The van der Waals surface area contributed by atoms with Crippen molar-refractivity contribution in [2.24, 2.45) is 15.7 Å². The fourth-order valence-electron chi connectivity index (χ4n) is 7.67. The molecule has 2 heterocycles. The van der Waals surface area contributed by atoms with Gasteiger partial charge in [0.25, 0.3) is 0 Å². The van der Waals surface area contributed by atoms with Crippen molar-refractivity contribution in [1.82, 2.24) is 4.57 Å². The molecule has 1 atom stereocenters. The molecule has 5 heteroatoms. The number of hydrogen-bond donors (Lipinski definition) is 1. The summed E-state index contributed by atoms with van der Waals surface area (Å²) in [5, 5.41) is 4.77. The van der Waals surface area contributed by atoms with E-state index in [-0.39, 0.29) is 11.5 Å². The molecule has 0 saturated carbocycles. The Bertz CT molecular complexity index is 2540. The zero-order chi connectivity index (χ0) is 33.2. The predicted molar refractivity (Wildman–Crippen MR) is 208 cm³/mol. The molecule has 1 aliphatic carbocycles. The normalized spacial score (nSPS) is 15.6. The van der Waals surface area contributed by atoms with Gasteiger partial charge in [-0.2, -0.15) is 4.99 Å². The van der Waals surface area contributed by atoms with Crippen LogP contribution in [0.3, 0.4) is 0 Å². The Hall–Kier alpha value is -5.26. The van der Waals surface area contributed by atoms with Gasteiger partial charge in [0.2, 0.25) is 5.96 Å². The lowest BCUT2D eigenvalue weighted by atomic mass is 9.81. The number of allylic oxidation sites excluding steroid dienone is 2. The molecule has 0 fully saturated rings. The maximum absolute atomic E-state index is 7.23. The minimum atomic E-state index is -0.221. The number of rotatable bonds is 4. The van der Waals surface area contributed by atoms with Crippen molar-refractivity contribution in [3.8, 4) is 11.1 Å². The lowest BCUT2D eigenvalue weighted by Crippen LogP contribution is -2.26. The smallest absolute Gasteiger partial charge is 0.207 e. The maximum Gasteiger partial charge on any atom is 0.207 e. The van der Waals surface area contributed by atoms with E-state index in [0.29, 0.717) is 11.8 Å². The van der Waals surface area contributed by atoms with Gasteiger partial charge in [0.05, 0.1) is 17.1 Å². The number of nitrogens with two attached hydrogens (primary N) is 1. The van der Waals surface area contributed by atoms with Crippen molar-refractivity contribution < 1.29 is 0 Å². The Morgan fingerprint density at radius 3 is 2.33 bits per heavy atom. The van der Waals surface area contributed by atoms with E-state index in [2.05, 4.69) is 154 Å². The summed E-state index contributed by atoms with van der Waals surface area (Å²) in [6, 6.07) is 36.8. The third-order valence-corrected chi connectivity index (χ3v) is 11.1. The fraction of sp³-hybridized carbons (Fsp3) is 0.163. The monoisotopic (exact) mass is 642 g/mol. The second-order valence-corrected chi connectivity index (χ2v) is 14.2. The van der Waals surface area contributed by atoms with E-state index in [4.69, 9.17) is 15.7 Å². The van der Waals surface area contributed by atoms with Crippen LogP contribution in [0.2, 0.25) is 0 Å². The predicted octanol–water partition coefficient (Wildman–Crippen LogP) is 11.0. The average molecular weight is 643 g/mol. The first-order valence-electron chi connectivity index (χ1n) is 16.6. The lowest BCUT2D eigenvalue weighted by molar-refractivity contribution is 0.664. The van der Waals surface area contributed by atoms with Crippen LogP contribution in [0, 0.1) is 0 Å². The van der Waals surface area contributed by atoms with E-state index in [1.807, 2.05) is 18.3 Å². The summed E-state index contributed by atoms with van der Waals surface area (Å²) < 4.78 is 4.68. The molecule has 0 spiro atoms. The molecule has 1 unspecified atom stereocenters. The van der Waals surface area contributed by atoms with E-state index in [1.165, 1.54) is 47.8 Å². The van der Waals surface area contributed by atoms with Crippen molar-refractivity contribution in [2.75, 3.05) is 0 Å². The van der Waals surface area contributed by atoms with Gasteiger partial charge < -0.3 is 5.73 Å². The molecule has 0 aliphatic heterocycles. The highest BCUT2D eigenvalue weighted by Gasteiger charge is 2.38. The van der Waals surface area contributed by atoms with E-state index < -0.39 is 0 Å². The SMILES string of the molecule is C/C=C\C(=C/C)C(C)N=C(N=C(N)n1c2ccccc2c2ccc3c(c21)C(C)(C)c1ccccc1-3)c1ccc2sc3ccccc3c2c1. The Balaban J connectivity index is 1.40. The molecule has 4 nitrogen and oxygen atoms in total. The average Bonchev–Trinajstić information content (AvgIpc) is 3.72. The van der Waals surface area contributed by atoms with Crippen LogP contribution in [-0.4, -0.2) is 22.4 Å². The first kappa shape index (κ1) is 30.1. The van der Waals surface area contributed by atoms with Crippen LogP contribution in [0.5, 0.6) is 0 Å². The van der Waals surface area contributed by atoms with Gasteiger partial charge in [0, 0.05) is 41.9 Å². The zero-order valence-corrected chi connectivity index (χ0v) is 28.8. The molecule has 2 aromatic heterocycles. The summed E-state index contributed by atoms with van der Waals surface area (Å²) in [4.78, 5) is 10.5. The molecule has 236 valence electrons. The second kappa shape index (κ2) is 11.5. The van der Waals surface area contributed by atoms with Crippen molar-refractivity contribution in [1.29, 1.82) is 0 Å². The molecule has 48 heavy (non-hydrogen) atoms. The third-order valence-electron chi connectivity index (χ3n) is 9.93. The van der Waals surface area contributed by atoms with Gasteiger partial charge in [0.15, 0.2) is 5.84 Å². The molecule has 0 radical (unpaired) electrons. The molecule has 0 bridgehead atoms. The molecular weight excluding hydrogens is 605 g/mol. The van der Waals surface area contributed by atoms with Crippen molar-refractivity contribution >= 4 is 65.1 Å². The minimum Gasteiger partial charge on any atom is -0.369 e. The number of amidine groups is 1. The molecule has 8 rings (SSSR count). The Morgan fingerprint density at radius 1 is 0.792 bits per heavy atom. The molecule has 7 aromatic rings. The van der Waals surface area contributed by atoms with Crippen molar-refractivity contribution in [3.63, 3.8) is 0 Å². The number of aliphatic imine (C=N–C) groups is 2. The fourth-order valence-corrected chi connectivity index (χ4v) is 8.76. The number of aromatic nitrogens is 1. The summed E-state index contributed by atoms with van der Waals surface area (Å²) in [7, 11) is 0. The standard InChI is InChI=1S/C43H38N4S/c1-6-14-27(7-2)26(3)45-41(28-21-24-38-34(25-28)31-17-10-13-20-37(31)48-38)46-42(44)47-36-19-12-9-16-30(36)33-23-22-32-29-15-8-11-18-35(29)43(4,5)39(32)40(33)47/h6-26H,1-5H3,(H2,44,45,46)/b14-6-,27-7+. The summed E-state index contributed by atoms with van der Waals surface area (Å²) in [5.41, 5.74) is 16.3. The number of benzene rings is 5. The number of thiophene rings is 1. The number of para-hydroxylation sites is 1. The van der Waals surface area contributed by atoms with Gasteiger partial charge in [-0.25, -0.2) is 0 Å².